The zero-order chi connectivity index (χ0) is 39.0. The van der Waals surface area contributed by atoms with E-state index in [1.807, 2.05) is 54.6 Å². The highest BCUT2D eigenvalue weighted by molar-refractivity contribution is 5.47. The predicted molar refractivity (Wildman–Crippen MR) is 224 cm³/mol. The Morgan fingerprint density at radius 1 is 0.357 bits per heavy atom. The third-order valence-corrected chi connectivity index (χ3v) is 9.44. The maximum atomic E-state index is 6.74. The van der Waals surface area contributed by atoms with Crippen molar-refractivity contribution in [1.29, 1.82) is 0 Å². The first-order chi connectivity index (χ1) is 27.8. The third-order valence-electron chi connectivity index (χ3n) is 9.44. The minimum atomic E-state index is -0.747. The predicted octanol–water partition coefficient (Wildman–Crippen LogP) is 9.47. The second-order valence-corrected chi connectivity index (χ2v) is 13.7. The molecule has 0 radical (unpaired) electrons. The van der Waals surface area contributed by atoms with Crippen LogP contribution in [-0.4, -0.2) is 92.5 Å². The first-order valence-corrected chi connectivity index (χ1v) is 20.8. The third kappa shape index (κ3) is 17.7. The first kappa shape index (κ1) is 45.1. The van der Waals surface area contributed by atoms with Crippen LogP contribution in [0.1, 0.15) is 74.1 Å². The summed E-state index contributed by atoms with van der Waals surface area (Å²) in [4.78, 5) is 0. The summed E-state index contributed by atoms with van der Waals surface area (Å²) in [5, 5.41) is 0. The van der Waals surface area contributed by atoms with Gasteiger partial charge in [-0.1, -0.05) is 149 Å². The van der Waals surface area contributed by atoms with E-state index in [9.17, 15) is 0 Å². The highest BCUT2D eigenvalue weighted by atomic mass is 16.6. The van der Waals surface area contributed by atoms with Crippen LogP contribution in [0.5, 0.6) is 5.75 Å². The second-order valence-electron chi connectivity index (χ2n) is 13.7. The van der Waals surface area contributed by atoms with E-state index in [-0.39, 0.29) is 0 Å². The lowest BCUT2D eigenvalue weighted by molar-refractivity contribution is -0.0395. The van der Waals surface area contributed by atoms with E-state index in [2.05, 4.69) is 67.6 Å². The van der Waals surface area contributed by atoms with Gasteiger partial charge in [0.1, 0.15) is 18.0 Å². The van der Waals surface area contributed by atoms with E-state index in [1.165, 1.54) is 50.5 Å². The van der Waals surface area contributed by atoms with Crippen molar-refractivity contribution >= 4 is 0 Å². The lowest BCUT2D eigenvalue weighted by atomic mass is 9.80. The van der Waals surface area contributed by atoms with Gasteiger partial charge in [-0.05, 0) is 47.2 Å². The Kier molecular flexibility index (Phi) is 23.9. The average Bonchev–Trinajstić information content (AvgIpc) is 3.25. The van der Waals surface area contributed by atoms with E-state index in [0.29, 0.717) is 92.5 Å². The van der Waals surface area contributed by atoms with Crippen molar-refractivity contribution in [1.82, 2.24) is 0 Å². The minimum absolute atomic E-state index is 0.422. The summed E-state index contributed by atoms with van der Waals surface area (Å²) in [6, 6.07) is 39.5. The molecule has 0 aliphatic heterocycles. The van der Waals surface area contributed by atoms with Crippen LogP contribution in [0.4, 0.5) is 0 Å². The first-order valence-electron chi connectivity index (χ1n) is 20.8. The molecular formula is C48H66O8. The molecule has 8 heteroatoms. The summed E-state index contributed by atoms with van der Waals surface area (Å²) in [6.07, 6.45) is 10.5. The fourth-order valence-corrected chi connectivity index (χ4v) is 6.48. The number of hydrogen-bond acceptors (Lipinski definition) is 8. The van der Waals surface area contributed by atoms with Gasteiger partial charge in [0, 0.05) is 0 Å². The molecule has 4 aromatic rings. The van der Waals surface area contributed by atoms with Crippen molar-refractivity contribution in [2.75, 3.05) is 92.5 Å². The maximum Gasteiger partial charge on any atom is 0.143 e. The standard InChI is InChI=1S/C48H66O8/c1-2-3-4-5-6-7-11-18-43-25-27-47(28-26-43)55-41-39-53-37-35-51-33-31-49-29-30-50-32-34-52-36-38-54-40-42-56-48(44-19-12-8-13-20-44,45-21-14-9-15-22-45)46-23-16-10-17-24-46/h8-10,12-17,19-28H,2-7,11,18,29-42H2,1H3. The molecule has 0 saturated carbocycles. The summed E-state index contributed by atoms with van der Waals surface area (Å²) in [5.74, 6) is 0.888. The van der Waals surface area contributed by atoms with Gasteiger partial charge in [-0.3, -0.25) is 0 Å². The number of rotatable bonds is 34. The van der Waals surface area contributed by atoms with Crippen LogP contribution in [0.2, 0.25) is 0 Å². The number of unbranched alkanes of at least 4 members (excludes halogenated alkanes) is 6. The Hall–Kier alpha value is -3.60. The minimum Gasteiger partial charge on any atom is -0.491 e. The van der Waals surface area contributed by atoms with Crippen LogP contribution >= 0.6 is 0 Å². The monoisotopic (exact) mass is 770 g/mol. The quantitative estimate of drug-likeness (QED) is 0.0344. The highest BCUT2D eigenvalue weighted by Crippen LogP contribution is 2.40. The van der Waals surface area contributed by atoms with Gasteiger partial charge in [-0.2, -0.15) is 0 Å². The number of hydrogen-bond donors (Lipinski definition) is 0. The largest absolute Gasteiger partial charge is 0.491 e. The van der Waals surface area contributed by atoms with Gasteiger partial charge in [-0.25, -0.2) is 0 Å². The van der Waals surface area contributed by atoms with Gasteiger partial charge in [-0.15, -0.1) is 0 Å². The van der Waals surface area contributed by atoms with Crippen molar-refractivity contribution in [3.8, 4) is 5.75 Å². The molecule has 0 atom stereocenters. The van der Waals surface area contributed by atoms with Crippen molar-refractivity contribution in [2.24, 2.45) is 0 Å². The van der Waals surface area contributed by atoms with Crippen LogP contribution in [0, 0.1) is 0 Å². The Morgan fingerprint density at radius 2 is 0.714 bits per heavy atom. The molecule has 0 amide bonds. The lowest BCUT2D eigenvalue weighted by Crippen LogP contribution is -2.34. The molecule has 0 aliphatic carbocycles. The lowest BCUT2D eigenvalue weighted by Gasteiger charge is -2.36. The fraction of sp³-hybridized carbons (Fsp3) is 0.500. The molecule has 0 aliphatic rings. The zero-order valence-electron chi connectivity index (χ0n) is 33.8. The van der Waals surface area contributed by atoms with Crippen LogP contribution in [-0.2, 0) is 45.2 Å². The molecule has 0 unspecified atom stereocenters. The maximum absolute atomic E-state index is 6.74. The summed E-state index contributed by atoms with van der Waals surface area (Å²) >= 11 is 0. The zero-order valence-corrected chi connectivity index (χ0v) is 33.8. The average molecular weight is 771 g/mol. The van der Waals surface area contributed by atoms with Crippen LogP contribution in [0.25, 0.3) is 0 Å². The number of benzene rings is 4. The Balaban J connectivity index is 0.916. The Labute approximate surface area is 336 Å². The Bertz CT molecular complexity index is 1370. The molecule has 0 N–H and O–H groups in total. The van der Waals surface area contributed by atoms with Crippen LogP contribution < -0.4 is 4.74 Å². The topological polar surface area (TPSA) is 73.8 Å². The van der Waals surface area contributed by atoms with E-state index in [0.717, 1.165) is 28.9 Å². The highest BCUT2D eigenvalue weighted by Gasteiger charge is 2.37. The van der Waals surface area contributed by atoms with Gasteiger partial charge in [0.2, 0.25) is 0 Å². The molecule has 306 valence electrons. The van der Waals surface area contributed by atoms with E-state index < -0.39 is 5.60 Å². The van der Waals surface area contributed by atoms with Crippen molar-refractivity contribution in [2.45, 2.75) is 63.9 Å². The number of aryl methyl sites for hydroxylation is 1. The van der Waals surface area contributed by atoms with Crippen LogP contribution in [0.15, 0.2) is 115 Å². The molecule has 56 heavy (non-hydrogen) atoms. The van der Waals surface area contributed by atoms with Gasteiger partial charge in [0.05, 0.1) is 85.9 Å². The molecule has 0 spiro atoms. The van der Waals surface area contributed by atoms with E-state index >= 15 is 0 Å². The molecule has 0 saturated heterocycles. The van der Waals surface area contributed by atoms with Gasteiger partial charge in [0.15, 0.2) is 0 Å². The molecule has 0 bridgehead atoms. The SMILES string of the molecule is CCCCCCCCCc1ccc(OCCOCCOCCOCCOCCOCCOCCOC(c2ccccc2)(c2ccccc2)c2ccccc2)cc1. The molecule has 0 fully saturated rings. The summed E-state index contributed by atoms with van der Waals surface area (Å²) < 4.78 is 46.5. The normalized spacial score (nSPS) is 11.6. The van der Waals surface area contributed by atoms with Gasteiger partial charge in [0.25, 0.3) is 0 Å². The van der Waals surface area contributed by atoms with E-state index in [1.54, 1.807) is 0 Å². The Morgan fingerprint density at radius 3 is 1.12 bits per heavy atom. The molecule has 0 heterocycles. The molecular weight excluding hydrogens is 705 g/mol. The second kappa shape index (κ2) is 29.6. The smallest absolute Gasteiger partial charge is 0.143 e. The number of ether oxygens (including phenoxy) is 8. The molecule has 4 aromatic carbocycles. The summed E-state index contributed by atoms with van der Waals surface area (Å²) in [5.41, 5.74) is 3.85. The van der Waals surface area contributed by atoms with Crippen LogP contribution in [0.3, 0.4) is 0 Å². The summed E-state index contributed by atoms with van der Waals surface area (Å²) in [6.45, 7) is 9.27. The van der Waals surface area contributed by atoms with E-state index in [4.69, 9.17) is 37.9 Å². The molecule has 4 rings (SSSR count). The fourth-order valence-electron chi connectivity index (χ4n) is 6.48. The van der Waals surface area contributed by atoms with Gasteiger partial charge >= 0.3 is 0 Å². The summed E-state index contributed by atoms with van der Waals surface area (Å²) in [7, 11) is 0. The van der Waals surface area contributed by atoms with Gasteiger partial charge < -0.3 is 37.9 Å². The van der Waals surface area contributed by atoms with Crippen molar-refractivity contribution < 1.29 is 37.9 Å². The van der Waals surface area contributed by atoms with Crippen molar-refractivity contribution in [3.63, 3.8) is 0 Å². The van der Waals surface area contributed by atoms with Crippen molar-refractivity contribution in [3.05, 3.63) is 138 Å². The molecule has 8 nitrogen and oxygen atoms in total. The molecule has 0 aromatic heterocycles.